The van der Waals surface area contributed by atoms with Crippen molar-refractivity contribution < 1.29 is 23.9 Å². The van der Waals surface area contributed by atoms with Gasteiger partial charge in [0.1, 0.15) is 0 Å². The zero-order chi connectivity index (χ0) is 21.4. The summed E-state index contributed by atoms with van der Waals surface area (Å²) in [6.45, 7) is 6.21. The van der Waals surface area contributed by atoms with Crippen LogP contribution < -0.4 is 5.32 Å². The zero-order valence-electron chi connectivity index (χ0n) is 17.4. The molecule has 3 rings (SSSR count). The molecule has 1 saturated heterocycles. The van der Waals surface area contributed by atoms with E-state index in [1.807, 2.05) is 20.8 Å². The summed E-state index contributed by atoms with van der Waals surface area (Å²) in [5, 5.41) is 2.74. The monoisotopic (exact) mass is 400 g/mol. The van der Waals surface area contributed by atoms with Gasteiger partial charge in [-0.05, 0) is 42.9 Å². The van der Waals surface area contributed by atoms with Gasteiger partial charge in [-0.3, -0.25) is 19.3 Å². The number of esters is 1. The number of benzene rings is 1. The van der Waals surface area contributed by atoms with Crippen LogP contribution in [0, 0.1) is 16.7 Å². The van der Waals surface area contributed by atoms with Crippen molar-refractivity contribution in [3.05, 3.63) is 29.8 Å². The minimum Gasteiger partial charge on any atom is -0.465 e. The summed E-state index contributed by atoms with van der Waals surface area (Å²) in [7, 11) is 1.30. The van der Waals surface area contributed by atoms with Crippen LogP contribution in [0.2, 0.25) is 0 Å². The summed E-state index contributed by atoms with van der Waals surface area (Å²) in [5.41, 5.74) is -0.0153. The number of nitrogens with zero attached hydrogens (tertiary/aromatic N) is 1. The third-order valence-electron chi connectivity index (χ3n) is 6.86. The van der Waals surface area contributed by atoms with Crippen LogP contribution in [0.3, 0.4) is 0 Å². The molecule has 2 unspecified atom stereocenters. The maximum absolute atomic E-state index is 13.0. The Morgan fingerprint density at radius 2 is 1.97 bits per heavy atom. The second-order valence-corrected chi connectivity index (χ2v) is 8.66. The number of methoxy groups -OCH3 is 1. The summed E-state index contributed by atoms with van der Waals surface area (Å²) in [6.07, 6.45) is 2.03. The lowest BCUT2D eigenvalue weighted by Gasteiger charge is -2.47. The molecule has 0 radical (unpaired) electrons. The molecule has 3 amide bonds. The number of ether oxygens (including phenoxy) is 1. The number of amides is 3. The molecule has 1 heterocycles. The number of fused-ring (bicyclic) bond motifs is 2. The average molecular weight is 400 g/mol. The van der Waals surface area contributed by atoms with E-state index in [-0.39, 0.29) is 42.0 Å². The predicted octanol–water partition coefficient (Wildman–Crippen LogP) is 3.00. The zero-order valence-corrected chi connectivity index (χ0v) is 17.4. The second kappa shape index (κ2) is 7.61. The summed E-state index contributed by atoms with van der Waals surface area (Å²) >= 11 is 0. The number of piperidine rings is 1. The van der Waals surface area contributed by atoms with Crippen LogP contribution in [0.15, 0.2) is 24.3 Å². The van der Waals surface area contributed by atoms with E-state index in [1.54, 1.807) is 24.3 Å². The summed E-state index contributed by atoms with van der Waals surface area (Å²) in [6, 6.07) is 6.49. The fourth-order valence-electron chi connectivity index (χ4n) is 4.58. The normalized spacial score (nSPS) is 25.1. The van der Waals surface area contributed by atoms with Gasteiger partial charge in [-0.2, -0.15) is 0 Å². The Morgan fingerprint density at radius 1 is 1.24 bits per heavy atom. The van der Waals surface area contributed by atoms with Crippen molar-refractivity contribution in [1.29, 1.82) is 0 Å². The molecule has 7 nitrogen and oxygen atoms in total. The molecule has 1 aliphatic carbocycles. The number of hydrogen-bond acceptors (Lipinski definition) is 5. The molecule has 1 aliphatic heterocycles. The van der Waals surface area contributed by atoms with Crippen molar-refractivity contribution in [3.63, 3.8) is 0 Å². The SMILES string of the molecule is COC(=O)c1cccc(NC(=O)CCCN2C(=O)C3CCC(C)(C2=O)C3(C)C)c1. The van der Waals surface area contributed by atoms with Gasteiger partial charge in [0.15, 0.2) is 0 Å². The van der Waals surface area contributed by atoms with E-state index >= 15 is 0 Å². The Bertz CT molecular complexity index is 863. The van der Waals surface area contributed by atoms with E-state index in [2.05, 4.69) is 10.1 Å². The summed E-state index contributed by atoms with van der Waals surface area (Å²) < 4.78 is 4.67. The highest BCUT2D eigenvalue weighted by molar-refractivity contribution is 6.04. The minimum absolute atomic E-state index is 0.110. The minimum atomic E-state index is -0.526. The lowest BCUT2D eigenvalue weighted by Crippen LogP contribution is -2.59. The molecule has 29 heavy (non-hydrogen) atoms. The third kappa shape index (κ3) is 3.54. The van der Waals surface area contributed by atoms with E-state index < -0.39 is 11.4 Å². The van der Waals surface area contributed by atoms with E-state index in [0.717, 1.165) is 12.8 Å². The number of likely N-dealkylation sites (tertiary alicyclic amines) is 1. The predicted molar refractivity (Wildman–Crippen MR) is 107 cm³/mol. The Hall–Kier alpha value is -2.70. The first-order chi connectivity index (χ1) is 13.6. The maximum Gasteiger partial charge on any atom is 0.337 e. The van der Waals surface area contributed by atoms with Crippen molar-refractivity contribution in [2.45, 2.75) is 46.5 Å². The smallest absolute Gasteiger partial charge is 0.337 e. The molecule has 2 aliphatic rings. The Kier molecular flexibility index (Phi) is 5.52. The van der Waals surface area contributed by atoms with Crippen molar-refractivity contribution in [2.75, 3.05) is 19.0 Å². The maximum atomic E-state index is 13.0. The lowest BCUT2D eigenvalue weighted by atomic mass is 9.62. The number of rotatable bonds is 6. The number of imide groups is 1. The van der Waals surface area contributed by atoms with Crippen LogP contribution in [0.25, 0.3) is 0 Å². The number of carbonyl (C=O) groups excluding carboxylic acids is 4. The van der Waals surface area contributed by atoms with Gasteiger partial charge in [-0.25, -0.2) is 4.79 Å². The standard InChI is InChI=1S/C22H28N2O5/c1-21(2)16-10-11-22(21,3)20(28)24(18(16)26)12-6-9-17(25)23-15-8-5-7-14(13-15)19(27)29-4/h5,7-8,13,16H,6,9-12H2,1-4H3,(H,23,25). The molecular formula is C22H28N2O5. The van der Waals surface area contributed by atoms with Gasteiger partial charge in [0.25, 0.3) is 0 Å². The molecular weight excluding hydrogens is 372 g/mol. The number of nitrogens with one attached hydrogen (secondary N) is 1. The highest BCUT2D eigenvalue weighted by Gasteiger charge is 2.64. The molecule has 1 N–H and O–H groups in total. The van der Waals surface area contributed by atoms with E-state index in [4.69, 9.17) is 0 Å². The number of carbonyl (C=O) groups is 4. The molecule has 1 aromatic rings. The first kappa shape index (κ1) is 21.0. The number of hydrogen-bond donors (Lipinski definition) is 1. The lowest BCUT2D eigenvalue weighted by molar-refractivity contribution is -0.168. The van der Waals surface area contributed by atoms with Gasteiger partial charge < -0.3 is 10.1 Å². The van der Waals surface area contributed by atoms with Crippen molar-refractivity contribution in [3.8, 4) is 0 Å². The first-order valence-corrected chi connectivity index (χ1v) is 9.96. The largest absolute Gasteiger partial charge is 0.465 e. The third-order valence-corrected chi connectivity index (χ3v) is 6.86. The summed E-state index contributed by atoms with van der Waals surface area (Å²) in [5.74, 6) is -1.08. The molecule has 1 saturated carbocycles. The van der Waals surface area contributed by atoms with Gasteiger partial charge in [0, 0.05) is 24.6 Å². The highest BCUT2D eigenvalue weighted by Crippen LogP contribution is 2.60. The Balaban J connectivity index is 1.57. The first-order valence-electron chi connectivity index (χ1n) is 9.96. The quantitative estimate of drug-likeness (QED) is 0.585. The molecule has 2 bridgehead atoms. The van der Waals surface area contributed by atoms with Crippen molar-refractivity contribution >= 4 is 29.4 Å². The van der Waals surface area contributed by atoms with Crippen LogP contribution in [0.1, 0.15) is 56.8 Å². The van der Waals surface area contributed by atoms with Gasteiger partial charge in [-0.1, -0.05) is 26.8 Å². The van der Waals surface area contributed by atoms with Gasteiger partial charge >= 0.3 is 5.97 Å². The van der Waals surface area contributed by atoms with Crippen LogP contribution in [-0.2, 0) is 19.1 Å². The molecule has 1 aromatic carbocycles. The molecule has 7 heteroatoms. The van der Waals surface area contributed by atoms with Crippen LogP contribution >= 0.6 is 0 Å². The molecule has 0 aromatic heterocycles. The van der Waals surface area contributed by atoms with E-state index in [1.165, 1.54) is 12.0 Å². The van der Waals surface area contributed by atoms with Gasteiger partial charge in [0.2, 0.25) is 17.7 Å². The molecule has 0 spiro atoms. The van der Waals surface area contributed by atoms with Gasteiger partial charge in [0.05, 0.1) is 18.1 Å². The van der Waals surface area contributed by atoms with Gasteiger partial charge in [-0.15, -0.1) is 0 Å². The fourth-order valence-corrected chi connectivity index (χ4v) is 4.58. The Morgan fingerprint density at radius 3 is 2.66 bits per heavy atom. The summed E-state index contributed by atoms with van der Waals surface area (Å²) in [4.78, 5) is 51.0. The van der Waals surface area contributed by atoms with Crippen molar-refractivity contribution in [2.24, 2.45) is 16.7 Å². The fraction of sp³-hybridized carbons (Fsp3) is 0.545. The second-order valence-electron chi connectivity index (χ2n) is 8.66. The van der Waals surface area contributed by atoms with E-state index in [9.17, 15) is 19.2 Å². The van der Waals surface area contributed by atoms with Crippen LogP contribution in [0.4, 0.5) is 5.69 Å². The molecule has 2 fully saturated rings. The number of anilines is 1. The van der Waals surface area contributed by atoms with Crippen molar-refractivity contribution in [1.82, 2.24) is 4.90 Å². The average Bonchev–Trinajstić information content (AvgIpc) is 2.87. The highest BCUT2D eigenvalue weighted by atomic mass is 16.5. The Labute approximate surface area is 170 Å². The van der Waals surface area contributed by atoms with E-state index in [0.29, 0.717) is 17.7 Å². The molecule has 2 atom stereocenters. The molecule has 156 valence electrons. The topological polar surface area (TPSA) is 92.8 Å². The van der Waals surface area contributed by atoms with Crippen LogP contribution in [-0.4, -0.2) is 42.2 Å². The van der Waals surface area contributed by atoms with Crippen LogP contribution in [0.5, 0.6) is 0 Å².